The van der Waals surface area contributed by atoms with E-state index >= 15 is 0 Å². The van der Waals surface area contributed by atoms with Gasteiger partial charge in [-0.2, -0.15) is 0 Å². The minimum atomic E-state index is -1.10. The van der Waals surface area contributed by atoms with E-state index in [0.717, 1.165) is 77.4 Å². The van der Waals surface area contributed by atoms with Gasteiger partial charge in [0.2, 0.25) is 0 Å². The van der Waals surface area contributed by atoms with Crippen molar-refractivity contribution in [2.24, 2.45) is 5.92 Å². The highest BCUT2D eigenvalue weighted by Crippen LogP contribution is 2.57. The molecule has 222 valence electrons. The Balaban J connectivity index is 1.47. The number of rotatable bonds is 10. The summed E-state index contributed by atoms with van der Waals surface area (Å²) in [5, 5.41) is 3.60. The first kappa shape index (κ1) is 28.9. The lowest BCUT2D eigenvalue weighted by Gasteiger charge is -2.38. The summed E-state index contributed by atoms with van der Waals surface area (Å²) in [6.07, 6.45) is 4.62. The average molecular weight is 575 g/mol. The van der Waals surface area contributed by atoms with Gasteiger partial charge in [0.15, 0.2) is 5.60 Å². The number of nitrogens with zero attached hydrogens (tertiary/aromatic N) is 1. The number of hydrogen-bond donors (Lipinski definition) is 1. The Kier molecular flexibility index (Phi) is 7.91. The lowest BCUT2D eigenvalue weighted by Crippen LogP contribution is -2.33. The Hall–Kier alpha value is -4.25. The van der Waals surface area contributed by atoms with E-state index < -0.39 is 5.60 Å². The third-order valence-corrected chi connectivity index (χ3v) is 8.70. The van der Waals surface area contributed by atoms with E-state index in [1.165, 1.54) is 12.0 Å². The summed E-state index contributed by atoms with van der Waals surface area (Å²) >= 11 is 0. The van der Waals surface area contributed by atoms with Gasteiger partial charge in [-0.3, -0.25) is 0 Å². The van der Waals surface area contributed by atoms with Crippen LogP contribution in [0.3, 0.4) is 0 Å². The molecule has 2 aliphatic rings. The zero-order valence-electron chi connectivity index (χ0n) is 26.0. The molecule has 0 fully saturated rings. The molecule has 43 heavy (non-hydrogen) atoms. The van der Waals surface area contributed by atoms with Gasteiger partial charge in [0.1, 0.15) is 11.5 Å². The highest BCUT2D eigenvalue weighted by atomic mass is 16.6. The predicted molar refractivity (Wildman–Crippen MR) is 175 cm³/mol. The second-order valence-corrected chi connectivity index (χ2v) is 12.4. The molecule has 5 nitrogen and oxygen atoms in total. The number of aryl methyl sites for hydroxylation is 2. The molecule has 5 heteroatoms. The van der Waals surface area contributed by atoms with Crippen LogP contribution in [0.5, 0.6) is 11.5 Å². The maximum absolute atomic E-state index is 13.4. The summed E-state index contributed by atoms with van der Waals surface area (Å²) in [5.74, 6) is 1.81. The Morgan fingerprint density at radius 1 is 0.837 bits per heavy atom. The topological polar surface area (TPSA) is 50.8 Å². The Bertz CT molecular complexity index is 1660. The number of nitrogens with one attached hydrogen (secondary N) is 1. The Labute approximate surface area is 255 Å². The molecule has 2 aliphatic heterocycles. The van der Waals surface area contributed by atoms with E-state index in [1.54, 1.807) is 0 Å². The van der Waals surface area contributed by atoms with Crippen LogP contribution in [0.2, 0.25) is 0 Å². The summed E-state index contributed by atoms with van der Waals surface area (Å²) in [4.78, 5) is 15.9. The predicted octanol–water partition coefficient (Wildman–Crippen LogP) is 9.66. The minimum absolute atomic E-state index is 0.314. The number of ether oxygens (including phenoxy) is 2. The van der Waals surface area contributed by atoms with Crippen molar-refractivity contribution >= 4 is 23.0 Å². The van der Waals surface area contributed by atoms with E-state index in [4.69, 9.17) is 9.47 Å². The molecule has 0 aromatic heterocycles. The van der Waals surface area contributed by atoms with Gasteiger partial charge in [-0.15, -0.1) is 0 Å². The number of carbonyl (C=O) groups is 1. The molecule has 1 unspecified atom stereocenters. The van der Waals surface area contributed by atoms with Crippen LogP contribution in [0, 0.1) is 19.8 Å². The monoisotopic (exact) mass is 574 g/mol. The van der Waals surface area contributed by atoms with Crippen LogP contribution < -0.4 is 15.0 Å². The lowest BCUT2D eigenvalue weighted by molar-refractivity contribution is 0.0224. The number of anilines is 3. The molecule has 1 spiro atoms. The summed E-state index contributed by atoms with van der Waals surface area (Å²) in [5.41, 5.74) is 7.35. The fraction of sp³-hybridized carbons (Fsp3) is 0.342. The zero-order chi connectivity index (χ0) is 30.1. The van der Waals surface area contributed by atoms with E-state index in [0.29, 0.717) is 17.2 Å². The van der Waals surface area contributed by atoms with Crippen molar-refractivity contribution in [1.82, 2.24) is 0 Å². The highest BCUT2D eigenvalue weighted by molar-refractivity contribution is 5.97. The van der Waals surface area contributed by atoms with Crippen molar-refractivity contribution in [2.75, 3.05) is 23.3 Å². The van der Waals surface area contributed by atoms with E-state index in [1.807, 2.05) is 30.3 Å². The molecule has 0 saturated carbocycles. The van der Waals surface area contributed by atoms with Gasteiger partial charge in [0.05, 0.1) is 5.56 Å². The van der Waals surface area contributed by atoms with Crippen molar-refractivity contribution < 1.29 is 14.3 Å². The van der Waals surface area contributed by atoms with Crippen LogP contribution in [0.25, 0.3) is 0 Å². The number of hydrogen-bond acceptors (Lipinski definition) is 5. The molecule has 4 aromatic carbocycles. The number of unbranched alkanes of at least 4 members (excludes halogenated alkanes) is 1. The molecule has 2 heterocycles. The molecule has 0 radical (unpaired) electrons. The summed E-state index contributed by atoms with van der Waals surface area (Å²) in [6, 6.07) is 26.7. The third-order valence-electron chi connectivity index (χ3n) is 8.70. The number of esters is 1. The van der Waals surface area contributed by atoms with Crippen molar-refractivity contribution in [2.45, 2.75) is 65.9 Å². The molecule has 0 amide bonds. The SMILES string of the molecule is CCCCN(CCCC(C)C)c1ccc2c(c1)Oc1cc(C)c(Nc3cccc(C)c3)cc1C21OC(=O)c2ccccc21. The summed E-state index contributed by atoms with van der Waals surface area (Å²) in [6.45, 7) is 13.0. The number of fused-ring (bicyclic) bond motifs is 6. The van der Waals surface area contributed by atoms with Crippen LogP contribution in [-0.4, -0.2) is 19.1 Å². The molecule has 1 atom stereocenters. The maximum Gasteiger partial charge on any atom is 0.340 e. The van der Waals surface area contributed by atoms with E-state index in [2.05, 4.69) is 93.4 Å². The van der Waals surface area contributed by atoms with Crippen LogP contribution in [0.4, 0.5) is 17.1 Å². The molecule has 0 bridgehead atoms. The molecule has 0 aliphatic carbocycles. The minimum Gasteiger partial charge on any atom is -0.456 e. The Morgan fingerprint density at radius 3 is 2.42 bits per heavy atom. The van der Waals surface area contributed by atoms with Gasteiger partial charge in [0.25, 0.3) is 0 Å². The van der Waals surface area contributed by atoms with Crippen LogP contribution in [0.15, 0.2) is 78.9 Å². The largest absolute Gasteiger partial charge is 0.456 e. The van der Waals surface area contributed by atoms with Crippen molar-refractivity contribution in [3.05, 3.63) is 112 Å². The quantitative estimate of drug-likeness (QED) is 0.191. The number of carbonyl (C=O) groups excluding carboxylic acids is 1. The van der Waals surface area contributed by atoms with Gasteiger partial charge >= 0.3 is 5.97 Å². The van der Waals surface area contributed by atoms with E-state index in [-0.39, 0.29) is 5.97 Å². The van der Waals surface area contributed by atoms with Crippen LogP contribution >= 0.6 is 0 Å². The summed E-state index contributed by atoms with van der Waals surface area (Å²) < 4.78 is 13.2. The van der Waals surface area contributed by atoms with Gasteiger partial charge in [-0.25, -0.2) is 4.79 Å². The molecular weight excluding hydrogens is 532 g/mol. The molecule has 4 aromatic rings. The van der Waals surface area contributed by atoms with Crippen LogP contribution in [-0.2, 0) is 10.3 Å². The first-order valence-corrected chi connectivity index (χ1v) is 15.7. The lowest BCUT2D eigenvalue weighted by atomic mass is 9.77. The van der Waals surface area contributed by atoms with Gasteiger partial charge in [0, 0.05) is 52.9 Å². The number of benzene rings is 4. The average Bonchev–Trinajstić information content (AvgIpc) is 3.28. The first-order valence-electron chi connectivity index (χ1n) is 15.7. The molecule has 6 rings (SSSR count). The van der Waals surface area contributed by atoms with Gasteiger partial charge in [-0.1, -0.05) is 57.5 Å². The molecule has 1 N–H and O–H groups in total. The second kappa shape index (κ2) is 11.8. The third kappa shape index (κ3) is 5.37. The van der Waals surface area contributed by atoms with Crippen LogP contribution in [0.1, 0.15) is 84.6 Å². The van der Waals surface area contributed by atoms with E-state index in [9.17, 15) is 4.79 Å². The first-order chi connectivity index (χ1) is 20.8. The maximum atomic E-state index is 13.4. The summed E-state index contributed by atoms with van der Waals surface area (Å²) in [7, 11) is 0. The van der Waals surface area contributed by atoms with Crippen molar-refractivity contribution in [3.8, 4) is 11.5 Å². The Morgan fingerprint density at radius 2 is 1.63 bits per heavy atom. The second-order valence-electron chi connectivity index (χ2n) is 12.4. The normalized spacial score (nSPS) is 16.4. The fourth-order valence-electron chi connectivity index (χ4n) is 6.43. The molecular formula is C38H42N2O3. The standard InChI is InChI=1S/C38H42N2O3/c1-6-7-19-40(20-11-12-25(2)3)29-17-18-32-36(23-29)42-35-22-27(5)34(39-28-14-10-13-26(4)21-28)24-33(35)38(32)31-16-9-8-15-30(31)37(41)43-38/h8-10,13-18,21-25,39H,6-7,11-12,19-20H2,1-5H3. The van der Waals surface area contributed by atoms with Gasteiger partial charge < -0.3 is 19.7 Å². The zero-order valence-corrected chi connectivity index (χ0v) is 26.0. The fourth-order valence-corrected chi connectivity index (χ4v) is 6.43. The van der Waals surface area contributed by atoms with Crippen molar-refractivity contribution in [3.63, 3.8) is 0 Å². The highest BCUT2D eigenvalue weighted by Gasteiger charge is 2.53. The molecule has 0 saturated heterocycles. The van der Waals surface area contributed by atoms with Crippen molar-refractivity contribution in [1.29, 1.82) is 0 Å². The smallest absolute Gasteiger partial charge is 0.340 e. The van der Waals surface area contributed by atoms with Gasteiger partial charge in [-0.05, 0) is 92.6 Å².